The van der Waals surface area contributed by atoms with Crippen LogP contribution in [0, 0.1) is 10.1 Å². The van der Waals surface area contributed by atoms with E-state index in [4.69, 9.17) is 5.73 Å². The molecule has 0 aliphatic carbocycles. The first kappa shape index (κ1) is 23.1. The summed E-state index contributed by atoms with van der Waals surface area (Å²) in [6, 6.07) is 8.10. The summed E-state index contributed by atoms with van der Waals surface area (Å²) in [4.78, 5) is 30.4. The zero-order valence-corrected chi connectivity index (χ0v) is 17.6. The molecule has 0 bridgehead atoms. The van der Waals surface area contributed by atoms with Gasteiger partial charge in [0.2, 0.25) is 5.82 Å². The van der Waals surface area contributed by atoms with Crippen molar-refractivity contribution in [2.24, 2.45) is 0 Å². The van der Waals surface area contributed by atoms with Crippen LogP contribution in [0.25, 0.3) is 10.4 Å². The van der Waals surface area contributed by atoms with Crippen molar-refractivity contribution < 1.29 is 22.9 Å². The molecule has 8 nitrogen and oxygen atoms in total. The van der Waals surface area contributed by atoms with Gasteiger partial charge in [-0.1, -0.05) is 31.5 Å². The number of carbonyl (C=O) groups excluding carboxylic acids is 1. The summed E-state index contributed by atoms with van der Waals surface area (Å²) in [6.07, 6.45) is -2.78. The number of hydrogen-bond donors (Lipinski definition) is 2. The number of aryl methyl sites for hydroxylation is 1. The highest BCUT2D eigenvalue weighted by Gasteiger charge is 2.38. The number of thiazole rings is 1. The smallest absolute Gasteiger partial charge is 0.378 e. The lowest BCUT2D eigenvalue weighted by molar-refractivity contribution is -0.384. The van der Waals surface area contributed by atoms with Gasteiger partial charge in [0, 0.05) is 17.2 Å². The number of hydrogen-bond acceptors (Lipinski definition) is 7. The van der Waals surface area contributed by atoms with Crippen LogP contribution in [-0.2, 0) is 12.6 Å². The lowest BCUT2D eigenvalue weighted by atomic mass is 10.0. The SMILES string of the molecule is CCCCc1nc(C(F)(F)F)c(-c2ccccc2C(=O)Nc2ccc([N+](=O)[O-])c(N)n2)s1. The number of benzene rings is 1. The Morgan fingerprint density at radius 2 is 1.94 bits per heavy atom. The van der Waals surface area contributed by atoms with Gasteiger partial charge in [-0.2, -0.15) is 13.2 Å². The Morgan fingerprint density at radius 3 is 2.56 bits per heavy atom. The highest BCUT2D eigenvalue weighted by Crippen LogP contribution is 2.42. The van der Waals surface area contributed by atoms with Crippen LogP contribution in [0.15, 0.2) is 36.4 Å². The normalized spacial score (nSPS) is 11.4. The van der Waals surface area contributed by atoms with Gasteiger partial charge in [-0.05, 0) is 25.0 Å². The number of pyridine rings is 1. The lowest BCUT2D eigenvalue weighted by Gasteiger charge is -2.11. The number of rotatable bonds is 7. The molecule has 0 atom stereocenters. The third-order valence-electron chi connectivity index (χ3n) is 4.44. The van der Waals surface area contributed by atoms with Crippen molar-refractivity contribution in [2.45, 2.75) is 32.4 Å². The number of aromatic nitrogens is 2. The van der Waals surface area contributed by atoms with E-state index in [1.165, 1.54) is 30.3 Å². The molecular weight excluding hydrogens is 447 g/mol. The van der Waals surface area contributed by atoms with E-state index in [1.807, 2.05) is 6.92 Å². The highest BCUT2D eigenvalue weighted by atomic mass is 32.1. The third kappa shape index (κ3) is 5.02. The molecular formula is C20H18F3N5O3S. The molecule has 0 fully saturated rings. The first-order valence-electron chi connectivity index (χ1n) is 9.50. The van der Waals surface area contributed by atoms with Gasteiger partial charge in [0.25, 0.3) is 5.91 Å². The van der Waals surface area contributed by atoms with E-state index < -0.39 is 34.2 Å². The maximum atomic E-state index is 13.7. The van der Waals surface area contributed by atoms with Crippen LogP contribution in [0.2, 0.25) is 0 Å². The molecule has 12 heteroatoms. The number of unbranched alkanes of at least 4 members (excludes halogenated alkanes) is 1. The fourth-order valence-corrected chi connectivity index (χ4v) is 4.09. The molecule has 1 amide bonds. The molecule has 0 unspecified atom stereocenters. The second kappa shape index (κ2) is 9.30. The number of anilines is 2. The van der Waals surface area contributed by atoms with Gasteiger partial charge < -0.3 is 11.1 Å². The number of halogens is 3. The summed E-state index contributed by atoms with van der Waals surface area (Å²) < 4.78 is 41.0. The van der Waals surface area contributed by atoms with Crippen molar-refractivity contribution in [3.8, 4) is 10.4 Å². The molecule has 32 heavy (non-hydrogen) atoms. The summed E-state index contributed by atoms with van der Waals surface area (Å²) in [5.41, 5.74) is 4.12. The molecule has 2 heterocycles. The molecule has 2 aromatic heterocycles. The first-order valence-corrected chi connectivity index (χ1v) is 10.3. The minimum atomic E-state index is -4.69. The van der Waals surface area contributed by atoms with Crippen molar-refractivity contribution >= 4 is 34.6 Å². The summed E-state index contributed by atoms with van der Waals surface area (Å²) in [5.74, 6) is -1.21. The molecule has 3 N–H and O–H groups in total. The number of amides is 1. The second-order valence-electron chi connectivity index (χ2n) is 6.74. The summed E-state index contributed by atoms with van der Waals surface area (Å²) in [7, 11) is 0. The molecule has 0 aliphatic rings. The Morgan fingerprint density at radius 1 is 1.22 bits per heavy atom. The van der Waals surface area contributed by atoms with Gasteiger partial charge in [-0.3, -0.25) is 14.9 Å². The Hall–Kier alpha value is -3.54. The predicted molar refractivity (Wildman–Crippen MR) is 114 cm³/mol. The quantitative estimate of drug-likeness (QED) is 0.360. The third-order valence-corrected chi connectivity index (χ3v) is 5.59. The van der Waals surface area contributed by atoms with E-state index in [0.717, 1.165) is 23.8 Å². The fraction of sp³-hybridized carbons (Fsp3) is 0.250. The van der Waals surface area contributed by atoms with Crippen LogP contribution in [-0.4, -0.2) is 20.8 Å². The molecule has 0 radical (unpaired) electrons. The van der Waals surface area contributed by atoms with Crippen molar-refractivity contribution in [1.82, 2.24) is 9.97 Å². The van der Waals surface area contributed by atoms with Crippen LogP contribution in [0.5, 0.6) is 0 Å². The number of carbonyl (C=O) groups is 1. The van der Waals surface area contributed by atoms with Gasteiger partial charge in [-0.25, -0.2) is 9.97 Å². The topological polar surface area (TPSA) is 124 Å². The average molecular weight is 465 g/mol. The van der Waals surface area contributed by atoms with Gasteiger partial charge in [0.1, 0.15) is 5.82 Å². The van der Waals surface area contributed by atoms with Crippen molar-refractivity contribution in [2.75, 3.05) is 11.1 Å². The van der Waals surface area contributed by atoms with E-state index in [-0.39, 0.29) is 21.8 Å². The fourth-order valence-electron chi connectivity index (χ4n) is 2.93. The van der Waals surface area contributed by atoms with Crippen LogP contribution < -0.4 is 11.1 Å². The Balaban J connectivity index is 1.99. The van der Waals surface area contributed by atoms with Crippen LogP contribution in [0.1, 0.15) is 40.8 Å². The predicted octanol–water partition coefficient (Wildman–Crippen LogP) is 5.31. The highest BCUT2D eigenvalue weighted by molar-refractivity contribution is 7.15. The van der Waals surface area contributed by atoms with Gasteiger partial charge in [0.05, 0.1) is 14.8 Å². The van der Waals surface area contributed by atoms with Gasteiger partial charge >= 0.3 is 11.9 Å². The Kier molecular flexibility index (Phi) is 6.72. The van der Waals surface area contributed by atoms with Crippen molar-refractivity contribution in [3.63, 3.8) is 0 Å². The standard InChI is InChI=1S/C20H18F3N5O3S/c1-2-3-8-15-27-17(20(21,22)23)16(32-15)11-6-4-5-7-12(11)19(29)26-14-10-9-13(28(30)31)18(24)25-14/h4-7,9-10H,2-3,8H2,1H3,(H3,24,25,26,29). The zero-order valence-electron chi connectivity index (χ0n) is 16.8. The summed E-state index contributed by atoms with van der Waals surface area (Å²) in [6.45, 7) is 1.93. The molecule has 0 aliphatic heterocycles. The molecule has 168 valence electrons. The van der Waals surface area contributed by atoms with Crippen molar-refractivity contribution in [1.29, 1.82) is 0 Å². The van der Waals surface area contributed by atoms with Crippen LogP contribution in [0.4, 0.5) is 30.5 Å². The number of alkyl halides is 3. The zero-order chi connectivity index (χ0) is 23.5. The first-order chi connectivity index (χ1) is 15.1. The van der Waals surface area contributed by atoms with Gasteiger partial charge in [-0.15, -0.1) is 11.3 Å². The van der Waals surface area contributed by atoms with E-state index in [2.05, 4.69) is 15.3 Å². The maximum absolute atomic E-state index is 13.7. The number of nitrogens with one attached hydrogen (secondary N) is 1. The summed E-state index contributed by atoms with van der Waals surface area (Å²) in [5, 5.41) is 13.6. The Labute approximate surface area is 184 Å². The van der Waals surface area contributed by atoms with Crippen LogP contribution in [0.3, 0.4) is 0 Å². The summed E-state index contributed by atoms with van der Waals surface area (Å²) >= 11 is 0.903. The number of nitrogen functional groups attached to an aromatic ring is 1. The minimum absolute atomic E-state index is 0.0255. The monoisotopic (exact) mass is 465 g/mol. The largest absolute Gasteiger partial charge is 0.434 e. The van der Waals surface area contributed by atoms with E-state index in [0.29, 0.717) is 17.8 Å². The molecule has 3 rings (SSSR count). The minimum Gasteiger partial charge on any atom is -0.378 e. The average Bonchev–Trinajstić information content (AvgIpc) is 3.16. The van der Waals surface area contributed by atoms with Crippen molar-refractivity contribution in [3.05, 3.63) is 62.8 Å². The number of nitrogens with two attached hydrogens (primary N) is 1. The molecule has 0 saturated heterocycles. The van der Waals surface area contributed by atoms with E-state index >= 15 is 0 Å². The lowest BCUT2D eigenvalue weighted by Crippen LogP contribution is -2.15. The number of nitro groups is 1. The maximum Gasteiger partial charge on any atom is 0.434 e. The Bertz CT molecular complexity index is 1160. The second-order valence-corrected chi connectivity index (χ2v) is 7.83. The van der Waals surface area contributed by atoms with Crippen LogP contribution >= 0.6 is 11.3 Å². The van der Waals surface area contributed by atoms with Gasteiger partial charge in [0.15, 0.2) is 5.69 Å². The van der Waals surface area contributed by atoms with E-state index in [9.17, 15) is 28.1 Å². The molecule has 3 aromatic rings. The molecule has 0 saturated carbocycles. The molecule has 0 spiro atoms. The van der Waals surface area contributed by atoms with E-state index in [1.54, 1.807) is 0 Å². The molecule has 1 aromatic carbocycles. The number of nitrogens with zero attached hydrogens (tertiary/aromatic N) is 3.